The van der Waals surface area contributed by atoms with Crippen molar-refractivity contribution in [3.8, 4) is 11.5 Å². The van der Waals surface area contributed by atoms with Crippen molar-refractivity contribution in [3.63, 3.8) is 0 Å². The zero-order chi connectivity index (χ0) is 27.1. The molecule has 0 aliphatic carbocycles. The van der Waals surface area contributed by atoms with Crippen molar-refractivity contribution >= 4 is 0 Å². The van der Waals surface area contributed by atoms with E-state index in [1.54, 1.807) is 0 Å². The third-order valence-corrected chi connectivity index (χ3v) is 8.98. The van der Waals surface area contributed by atoms with Crippen LogP contribution in [0.2, 0.25) is 0 Å². The maximum absolute atomic E-state index is 6.31. The summed E-state index contributed by atoms with van der Waals surface area (Å²) >= 11 is 0. The van der Waals surface area contributed by atoms with Gasteiger partial charge in [0, 0.05) is 12.1 Å². The van der Waals surface area contributed by atoms with Gasteiger partial charge in [0.25, 0.3) is 0 Å². The summed E-state index contributed by atoms with van der Waals surface area (Å²) in [6.07, 6.45) is 12.3. The van der Waals surface area contributed by atoms with Crippen LogP contribution in [0.4, 0.5) is 0 Å². The molecule has 0 bridgehead atoms. The zero-order valence-electron chi connectivity index (χ0n) is 25.1. The maximum atomic E-state index is 6.31. The Morgan fingerprint density at radius 1 is 0.605 bits per heavy atom. The number of benzene rings is 2. The molecule has 4 rings (SSSR count). The predicted octanol–water partition coefficient (Wildman–Crippen LogP) is 7.21. The van der Waals surface area contributed by atoms with Crippen LogP contribution >= 0.6 is 0 Å². The number of likely N-dealkylation sites (tertiary alicyclic amines) is 2. The van der Waals surface area contributed by atoms with Gasteiger partial charge in [-0.15, -0.1) is 0 Å². The van der Waals surface area contributed by atoms with Crippen LogP contribution in [-0.4, -0.2) is 62.3 Å². The van der Waals surface area contributed by atoms with Crippen molar-refractivity contribution in [1.29, 1.82) is 0 Å². The van der Waals surface area contributed by atoms with Crippen LogP contribution < -0.4 is 9.47 Å². The van der Waals surface area contributed by atoms with Gasteiger partial charge in [0.15, 0.2) is 0 Å². The van der Waals surface area contributed by atoms with Gasteiger partial charge in [-0.25, -0.2) is 0 Å². The Balaban J connectivity index is 1.28. The normalized spacial score (nSPS) is 21.0. The minimum absolute atomic E-state index is 0.672. The standard InChI is InChI=1S/C34H52N2O2/c1-25-21-29(22-26(2)33(25)37-19-15-31-11-7-9-17-35(31)5)13-14-30-23-27(3)34(28(4)24-30)38-20-16-32-12-8-10-18-36(32)6/h21-24,31-32H,7-20H2,1-6H3. The first-order valence-electron chi connectivity index (χ1n) is 15.2. The molecule has 2 saturated heterocycles. The molecule has 2 heterocycles. The van der Waals surface area contributed by atoms with Crippen molar-refractivity contribution in [2.24, 2.45) is 0 Å². The van der Waals surface area contributed by atoms with Crippen molar-refractivity contribution < 1.29 is 9.47 Å². The van der Waals surface area contributed by atoms with Crippen LogP contribution in [0.3, 0.4) is 0 Å². The molecular formula is C34H52N2O2. The SMILES string of the molecule is Cc1cc(CCc2cc(C)c(OCCC3CCCCN3C)c(C)c2)cc(C)c1OCCC1CCCCN1C. The molecule has 210 valence electrons. The third-order valence-electron chi connectivity index (χ3n) is 8.98. The van der Waals surface area contributed by atoms with Gasteiger partial charge in [0.05, 0.1) is 13.2 Å². The van der Waals surface area contributed by atoms with Crippen LogP contribution in [-0.2, 0) is 12.8 Å². The molecule has 2 aromatic carbocycles. The third kappa shape index (κ3) is 7.76. The molecule has 2 unspecified atom stereocenters. The molecular weight excluding hydrogens is 468 g/mol. The summed E-state index contributed by atoms with van der Waals surface area (Å²) in [5.41, 5.74) is 7.83. The monoisotopic (exact) mass is 520 g/mol. The van der Waals surface area contributed by atoms with Gasteiger partial charge in [-0.3, -0.25) is 0 Å². The Bertz CT molecular complexity index is 919. The Morgan fingerprint density at radius 2 is 0.974 bits per heavy atom. The van der Waals surface area contributed by atoms with Gasteiger partial charge in [-0.1, -0.05) is 37.1 Å². The second kappa shape index (κ2) is 13.8. The fourth-order valence-electron chi connectivity index (χ4n) is 6.72. The molecule has 4 nitrogen and oxygen atoms in total. The second-order valence-electron chi connectivity index (χ2n) is 12.2. The predicted molar refractivity (Wildman–Crippen MR) is 160 cm³/mol. The van der Waals surface area contributed by atoms with E-state index in [2.05, 4.69) is 75.9 Å². The summed E-state index contributed by atoms with van der Waals surface area (Å²) in [5, 5.41) is 0. The van der Waals surface area contributed by atoms with Crippen molar-refractivity contribution in [3.05, 3.63) is 57.6 Å². The molecule has 2 fully saturated rings. The molecule has 0 saturated carbocycles. The minimum Gasteiger partial charge on any atom is -0.493 e. The lowest BCUT2D eigenvalue weighted by atomic mass is 9.97. The quantitative estimate of drug-likeness (QED) is 0.312. The number of nitrogens with zero attached hydrogens (tertiary/aromatic N) is 2. The van der Waals surface area contributed by atoms with Gasteiger partial charge in [-0.2, -0.15) is 0 Å². The number of piperidine rings is 2. The van der Waals surface area contributed by atoms with E-state index in [4.69, 9.17) is 9.47 Å². The second-order valence-corrected chi connectivity index (χ2v) is 12.2. The Labute approximate surface area is 232 Å². The van der Waals surface area contributed by atoms with Gasteiger partial charge in [0.2, 0.25) is 0 Å². The van der Waals surface area contributed by atoms with E-state index in [1.807, 2.05) is 0 Å². The fraction of sp³-hybridized carbons (Fsp3) is 0.647. The Morgan fingerprint density at radius 3 is 1.32 bits per heavy atom. The van der Waals surface area contributed by atoms with Crippen LogP contribution in [0.5, 0.6) is 11.5 Å². The van der Waals surface area contributed by atoms with Crippen molar-refractivity contribution in [2.45, 2.75) is 104 Å². The first-order chi connectivity index (χ1) is 18.3. The van der Waals surface area contributed by atoms with E-state index in [0.29, 0.717) is 12.1 Å². The fourth-order valence-corrected chi connectivity index (χ4v) is 6.72. The lowest BCUT2D eigenvalue weighted by Crippen LogP contribution is -2.37. The van der Waals surface area contributed by atoms with E-state index in [1.165, 1.54) is 85.0 Å². The largest absolute Gasteiger partial charge is 0.493 e. The summed E-state index contributed by atoms with van der Waals surface area (Å²) < 4.78 is 12.6. The van der Waals surface area contributed by atoms with E-state index in [9.17, 15) is 0 Å². The molecule has 2 aliphatic heterocycles. The maximum Gasteiger partial charge on any atom is 0.125 e. The minimum atomic E-state index is 0.672. The van der Waals surface area contributed by atoms with Gasteiger partial charge < -0.3 is 19.3 Å². The number of rotatable bonds is 11. The molecule has 0 spiro atoms. The molecule has 38 heavy (non-hydrogen) atoms. The highest BCUT2D eigenvalue weighted by molar-refractivity contribution is 5.45. The van der Waals surface area contributed by atoms with Gasteiger partial charge >= 0.3 is 0 Å². The lowest BCUT2D eigenvalue weighted by molar-refractivity contribution is 0.152. The smallest absolute Gasteiger partial charge is 0.125 e. The average Bonchev–Trinajstić information content (AvgIpc) is 2.88. The lowest BCUT2D eigenvalue weighted by Gasteiger charge is -2.32. The summed E-state index contributed by atoms with van der Waals surface area (Å²) in [7, 11) is 4.52. The number of hydrogen-bond donors (Lipinski definition) is 0. The molecule has 0 amide bonds. The molecule has 0 radical (unpaired) electrons. The number of hydrogen-bond acceptors (Lipinski definition) is 4. The van der Waals surface area contributed by atoms with Crippen molar-refractivity contribution in [1.82, 2.24) is 9.80 Å². The number of ether oxygens (including phenoxy) is 2. The Hall–Kier alpha value is -2.04. The zero-order valence-corrected chi connectivity index (χ0v) is 25.1. The van der Waals surface area contributed by atoms with Crippen LogP contribution in [0, 0.1) is 27.7 Å². The van der Waals surface area contributed by atoms with Crippen molar-refractivity contribution in [2.75, 3.05) is 40.4 Å². The van der Waals surface area contributed by atoms with Crippen LogP contribution in [0.1, 0.15) is 84.7 Å². The summed E-state index contributed by atoms with van der Waals surface area (Å²) in [6.45, 7) is 12.9. The Kier molecular flexibility index (Phi) is 10.6. The molecule has 4 heteroatoms. The highest BCUT2D eigenvalue weighted by Crippen LogP contribution is 2.29. The highest BCUT2D eigenvalue weighted by Gasteiger charge is 2.20. The first-order valence-corrected chi connectivity index (χ1v) is 15.2. The average molecular weight is 521 g/mol. The summed E-state index contributed by atoms with van der Waals surface area (Å²) in [4.78, 5) is 5.02. The molecule has 2 aromatic rings. The van der Waals surface area contributed by atoms with Crippen LogP contribution in [0.15, 0.2) is 24.3 Å². The summed E-state index contributed by atoms with van der Waals surface area (Å²) in [5.74, 6) is 2.17. The van der Waals surface area contributed by atoms with Gasteiger partial charge in [0.1, 0.15) is 11.5 Å². The van der Waals surface area contributed by atoms with E-state index < -0.39 is 0 Å². The molecule has 2 atom stereocenters. The van der Waals surface area contributed by atoms with Crippen LogP contribution in [0.25, 0.3) is 0 Å². The molecule has 0 aromatic heterocycles. The highest BCUT2D eigenvalue weighted by atomic mass is 16.5. The first kappa shape index (κ1) is 29.0. The van der Waals surface area contributed by atoms with E-state index in [0.717, 1.165) is 50.4 Å². The van der Waals surface area contributed by atoms with E-state index in [-0.39, 0.29) is 0 Å². The van der Waals surface area contributed by atoms with E-state index >= 15 is 0 Å². The topological polar surface area (TPSA) is 24.9 Å². The molecule has 0 N–H and O–H groups in total. The summed E-state index contributed by atoms with van der Waals surface area (Å²) in [6, 6.07) is 10.7. The van der Waals surface area contributed by atoms with Gasteiger partial charge in [-0.05, 0) is 140 Å². The number of aryl methyl sites for hydroxylation is 6. The molecule has 2 aliphatic rings.